The third-order valence-corrected chi connectivity index (χ3v) is 2.12. The van der Waals surface area contributed by atoms with Crippen LogP contribution in [0.25, 0.3) is 0 Å². The summed E-state index contributed by atoms with van der Waals surface area (Å²) in [6.45, 7) is 0.505. The maximum atomic E-state index is 11.2. The van der Waals surface area contributed by atoms with E-state index >= 15 is 0 Å². The van der Waals surface area contributed by atoms with Gasteiger partial charge in [0.05, 0.1) is 13.2 Å². The average Bonchev–Trinajstić information content (AvgIpc) is 2.29. The van der Waals surface area contributed by atoms with Crippen LogP contribution in [0, 0.1) is 0 Å². The molecule has 0 atom stereocenters. The molecule has 2 N–H and O–H groups in total. The molecule has 0 saturated heterocycles. The van der Waals surface area contributed by atoms with Crippen LogP contribution < -0.4 is 5.32 Å². The molecule has 1 aromatic carbocycles. The van der Waals surface area contributed by atoms with E-state index < -0.39 is 0 Å². The SMILES string of the molecule is O=C(COCCO)NCc1ccc(Cl)cc1. The first-order valence-electron chi connectivity index (χ1n) is 4.92. The van der Waals surface area contributed by atoms with Gasteiger partial charge in [-0.15, -0.1) is 0 Å². The Hall–Kier alpha value is -1.10. The Morgan fingerprint density at radius 3 is 2.69 bits per heavy atom. The minimum Gasteiger partial charge on any atom is -0.394 e. The fraction of sp³-hybridized carbons (Fsp3) is 0.364. The fourth-order valence-electron chi connectivity index (χ4n) is 1.08. The Kier molecular flexibility index (Phi) is 5.85. The third-order valence-electron chi connectivity index (χ3n) is 1.87. The number of hydrogen-bond acceptors (Lipinski definition) is 3. The van der Waals surface area contributed by atoms with Crippen molar-refractivity contribution in [2.24, 2.45) is 0 Å². The van der Waals surface area contributed by atoms with Gasteiger partial charge < -0.3 is 15.2 Å². The van der Waals surface area contributed by atoms with Gasteiger partial charge in [-0.05, 0) is 17.7 Å². The van der Waals surface area contributed by atoms with Crippen LogP contribution in [0.4, 0.5) is 0 Å². The first kappa shape index (κ1) is 13.0. The van der Waals surface area contributed by atoms with E-state index in [0.29, 0.717) is 11.6 Å². The summed E-state index contributed by atoms with van der Waals surface area (Å²) in [4.78, 5) is 11.2. The van der Waals surface area contributed by atoms with Crippen LogP contribution in [0.15, 0.2) is 24.3 Å². The molecule has 0 aromatic heterocycles. The first-order chi connectivity index (χ1) is 7.72. The molecule has 0 unspecified atom stereocenters. The Balaban J connectivity index is 2.23. The van der Waals surface area contributed by atoms with Crippen molar-refractivity contribution in [3.63, 3.8) is 0 Å². The van der Waals surface area contributed by atoms with Crippen LogP contribution in [0.2, 0.25) is 5.02 Å². The van der Waals surface area contributed by atoms with Crippen LogP contribution in [0.1, 0.15) is 5.56 Å². The smallest absolute Gasteiger partial charge is 0.246 e. The van der Waals surface area contributed by atoms with Crippen molar-refractivity contribution in [3.8, 4) is 0 Å². The summed E-state index contributed by atoms with van der Waals surface area (Å²) in [5.74, 6) is -0.205. The van der Waals surface area contributed by atoms with Gasteiger partial charge in [0, 0.05) is 11.6 Å². The van der Waals surface area contributed by atoms with Crippen LogP contribution in [-0.4, -0.2) is 30.8 Å². The van der Waals surface area contributed by atoms with E-state index in [2.05, 4.69) is 5.32 Å². The molecule has 0 aliphatic heterocycles. The Bertz CT molecular complexity index is 327. The molecule has 4 nitrogen and oxygen atoms in total. The van der Waals surface area contributed by atoms with E-state index in [9.17, 15) is 4.79 Å². The van der Waals surface area contributed by atoms with Gasteiger partial charge in [-0.2, -0.15) is 0 Å². The lowest BCUT2D eigenvalue weighted by Crippen LogP contribution is -2.27. The van der Waals surface area contributed by atoms with Crippen molar-refractivity contribution in [3.05, 3.63) is 34.9 Å². The third kappa shape index (κ3) is 5.11. The zero-order valence-electron chi connectivity index (χ0n) is 8.78. The summed E-state index contributed by atoms with van der Waals surface area (Å²) in [6, 6.07) is 7.23. The molecule has 5 heteroatoms. The highest BCUT2D eigenvalue weighted by Crippen LogP contribution is 2.08. The van der Waals surface area contributed by atoms with E-state index in [1.807, 2.05) is 12.1 Å². The second-order valence-corrected chi connectivity index (χ2v) is 3.62. The zero-order valence-corrected chi connectivity index (χ0v) is 9.54. The number of carbonyl (C=O) groups excluding carboxylic acids is 1. The molecule has 0 bridgehead atoms. The van der Waals surface area contributed by atoms with E-state index in [-0.39, 0.29) is 25.7 Å². The normalized spacial score (nSPS) is 10.1. The number of ether oxygens (including phenoxy) is 1. The van der Waals surface area contributed by atoms with Gasteiger partial charge in [0.1, 0.15) is 6.61 Å². The van der Waals surface area contributed by atoms with Crippen LogP contribution >= 0.6 is 11.6 Å². The standard InChI is InChI=1S/C11H14ClNO3/c12-10-3-1-9(2-4-10)7-13-11(15)8-16-6-5-14/h1-4,14H,5-8H2,(H,13,15). The van der Waals surface area contributed by atoms with Crippen molar-refractivity contribution in [1.82, 2.24) is 5.32 Å². The highest BCUT2D eigenvalue weighted by molar-refractivity contribution is 6.30. The predicted octanol–water partition coefficient (Wildman–Crippen LogP) is 0.965. The average molecular weight is 244 g/mol. The van der Waals surface area contributed by atoms with Crippen LogP contribution in [0.3, 0.4) is 0 Å². The molecule has 0 fully saturated rings. The monoisotopic (exact) mass is 243 g/mol. The second-order valence-electron chi connectivity index (χ2n) is 3.18. The molecule has 16 heavy (non-hydrogen) atoms. The predicted molar refractivity (Wildman–Crippen MR) is 61.2 cm³/mol. The summed E-state index contributed by atoms with van der Waals surface area (Å²) in [6.07, 6.45) is 0. The second kappa shape index (κ2) is 7.22. The summed E-state index contributed by atoms with van der Waals surface area (Å²) in [7, 11) is 0. The van der Waals surface area contributed by atoms with Crippen molar-refractivity contribution in [1.29, 1.82) is 0 Å². The summed E-state index contributed by atoms with van der Waals surface area (Å²) < 4.78 is 4.87. The van der Waals surface area contributed by atoms with Gasteiger partial charge >= 0.3 is 0 Å². The Labute approximate surface area is 99.2 Å². The van der Waals surface area contributed by atoms with Gasteiger partial charge in [-0.25, -0.2) is 0 Å². The van der Waals surface area contributed by atoms with Crippen LogP contribution in [-0.2, 0) is 16.1 Å². The minimum absolute atomic E-state index is 0.0336. The molecule has 1 aromatic rings. The highest BCUT2D eigenvalue weighted by atomic mass is 35.5. The number of hydrogen-bond donors (Lipinski definition) is 2. The van der Waals surface area contributed by atoms with Gasteiger partial charge in [-0.3, -0.25) is 4.79 Å². The number of benzene rings is 1. The number of aliphatic hydroxyl groups is 1. The van der Waals surface area contributed by atoms with Crippen molar-refractivity contribution in [2.75, 3.05) is 19.8 Å². The van der Waals surface area contributed by atoms with E-state index in [0.717, 1.165) is 5.56 Å². The van der Waals surface area contributed by atoms with E-state index in [1.165, 1.54) is 0 Å². The summed E-state index contributed by atoms with van der Waals surface area (Å²) >= 11 is 5.73. The highest BCUT2D eigenvalue weighted by Gasteiger charge is 2.00. The van der Waals surface area contributed by atoms with Gasteiger partial charge in [-0.1, -0.05) is 23.7 Å². The molecule has 0 spiro atoms. The lowest BCUT2D eigenvalue weighted by molar-refractivity contribution is -0.126. The molecular weight excluding hydrogens is 230 g/mol. The maximum absolute atomic E-state index is 11.2. The number of nitrogens with one attached hydrogen (secondary N) is 1. The topological polar surface area (TPSA) is 58.6 Å². The zero-order chi connectivity index (χ0) is 11.8. The molecule has 0 aliphatic carbocycles. The Morgan fingerprint density at radius 1 is 1.38 bits per heavy atom. The lowest BCUT2D eigenvalue weighted by atomic mass is 10.2. The largest absolute Gasteiger partial charge is 0.394 e. The number of amides is 1. The molecule has 0 heterocycles. The maximum Gasteiger partial charge on any atom is 0.246 e. The lowest BCUT2D eigenvalue weighted by Gasteiger charge is -2.05. The Morgan fingerprint density at radius 2 is 2.06 bits per heavy atom. The number of aliphatic hydroxyl groups excluding tert-OH is 1. The molecular formula is C11H14ClNO3. The fourth-order valence-corrected chi connectivity index (χ4v) is 1.21. The molecule has 88 valence electrons. The first-order valence-corrected chi connectivity index (χ1v) is 5.30. The number of rotatable bonds is 6. The van der Waals surface area contributed by atoms with E-state index in [4.69, 9.17) is 21.4 Å². The summed E-state index contributed by atoms with van der Waals surface area (Å²) in [5.41, 5.74) is 0.972. The number of halogens is 1. The molecule has 0 radical (unpaired) electrons. The van der Waals surface area contributed by atoms with Crippen molar-refractivity contribution in [2.45, 2.75) is 6.54 Å². The molecule has 0 saturated carbocycles. The molecule has 1 amide bonds. The van der Waals surface area contributed by atoms with Crippen molar-refractivity contribution >= 4 is 17.5 Å². The van der Waals surface area contributed by atoms with Gasteiger partial charge in [0.15, 0.2) is 0 Å². The van der Waals surface area contributed by atoms with E-state index in [1.54, 1.807) is 12.1 Å². The van der Waals surface area contributed by atoms with Gasteiger partial charge in [0.2, 0.25) is 5.91 Å². The quantitative estimate of drug-likeness (QED) is 0.732. The minimum atomic E-state index is -0.205. The number of carbonyl (C=O) groups is 1. The summed E-state index contributed by atoms with van der Waals surface area (Å²) in [5, 5.41) is 11.8. The van der Waals surface area contributed by atoms with Crippen LogP contribution in [0.5, 0.6) is 0 Å². The van der Waals surface area contributed by atoms with Crippen molar-refractivity contribution < 1.29 is 14.6 Å². The molecule has 1 rings (SSSR count). The molecule has 0 aliphatic rings. The van der Waals surface area contributed by atoms with Gasteiger partial charge in [0.25, 0.3) is 0 Å².